The normalized spacial score (nSPS) is 10.5. The van der Waals surface area contributed by atoms with Crippen molar-refractivity contribution < 1.29 is 27.9 Å². The van der Waals surface area contributed by atoms with E-state index in [1.54, 1.807) is 36.8 Å². The zero-order chi connectivity index (χ0) is 17.0. The van der Waals surface area contributed by atoms with Gasteiger partial charge in [0, 0.05) is 12.8 Å². The molecule has 0 aliphatic rings. The third kappa shape index (κ3) is 7.17. The summed E-state index contributed by atoms with van der Waals surface area (Å²) in [6.45, 7) is 0.348. The molecule has 2 aromatic rings. The molecule has 2 heterocycles. The Morgan fingerprint density at radius 2 is 1.21 bits per heavy atom. The standard InChI is InChI=1S/C18H22O6/c19-17(23-13-15-7-5-11-21-15)9-3-1-2-4-10-18(20)24-14-16-8-6-12-22-16/h5-8,11-12H,1-4,9-10,13-14H2. The van der Waals surface area contributed by atoms with Crippen molar-refractivity contribution >= 4 is 11.9 Å². The second-order valence-corrected chi connectivity index (χ2v) is 5.39. The number of unbranched alkanes of at least 4 members (excludes halogenated alkanes) is 3. The summed E-state index contributed by atoms with van der Waals surface area (Å²) in [5.41, 5.74) is 0. The topological polar surface area (TPSA) is 78.9 Å². The van der Waals surface area contributed by atoms with Crippen molar-refractivity contribution in [3.63, 3.8) is 0 Å². The molecule has 24 heavy (non-hydrogen) atoms. The van der Waals surface area contributed by atoms with Crippen molar-refractivity contribution in [1.82, 2.24) is 0 Å². The van der Waals surface area contributed by atoms with E-state index in [0.717, 1.165) is 25.7 Å². The van der Waals surface area contributed by atoms with Gasteiger partial charge in [0.1, 0.15) is 24.7 Å². The number of rotatable bonds is 11. The molecular formula is C18H22O6. The van der Waals surface area contributed by atoms with Gasteiger partial charge in [-0.1, -0.05) is 12.8 Å². The lowest BCUT2D eigenvalue weighted by Crippen LogP contribution is -2.05. The number of hydrogen-bond donors (Lipinski definition) is 0. The van der Waals surface area contributed by atoms with E-state index < -0.39 is 0 Å². The van der Waals surface area contributed by atoms with Crippen LogP contribution in [-0.4, -0.2) is 11.9 Å². The zero-order valence-corrected chi connectivity index (χ0v) is 13.6. The summed E-state index contributed by atoms with van der Waals surface area (Å²) in [6, 6.07) is 7.03. The highest BCUT2D eigenvalue weighted by molar-refractivity contribution is 5.69. The van der Waals surface area contributed by atoms with Gasteiger partial charge in [-0.15, -0.1) is 0 Å². The van der Waals surface area contributed by atoms with E-state index in [0.29, 0.717) is 24.4 Å². The Kier molecular flexibility index (Phi) is 7.67. The predicted octanol–water partition coefficient (Wildman–Crippen LogP) is 4.00. The average Bonchev–Trinajstić information content (AvgIpc) is 3.27. The second-order valence-electron chi connectivity index (χ2n) is 5.39. The first-order valence-electron chi connectivity index (χ1n) is 8.10. The fraction of sp³-hybridized carbons (Fsp3) is 0.444. The lowest BCUT2D eigenvalue weighted by molar-refractivity contribution is -0.146. The SMILES string of the molecule is O=C(CCCCCCC(=O)OCc1ccco1)OCc1ccco1. The molecule has 2 aromatic heterocycles. The van der Waals surface area contributed by atoms with Crippen LogP contribution in [0.2, 0.25) is 0 Å². The first-order valence-corrected chi connectivity index (χ1v) is 8.10. The Hall–Kier alpha value is -2.50. The summed E-state index contributed by atoms with van der Waals surface area (Å²) >= 11 is 0. The maximum Gasteiger partial charge on any atom is 0.306 e. The van der Waals surface area contributed by atoms with Gasteiger partial charge in [-0.25, -0.2) is 0 Å². The molecule has 0 radical (unpaired) electrons. The fourth-order valence-corrected chi connectivity index (χ4v) is 2.13. The van der Waals surface area contributed by atoms with Crippen LogP contribution in [0.1, 0.15) is 50.0 Å². The van der Waals surface area contributed by atoms with Gasteiger partial charge in [0.2, 0.25) is 0 Å². The van der Waals surface area contributed by atoms with Crippen molar-refractivity contribution in [3.8, 4) is 0 Å². The molecule has 0 aromatic carbocycles. The number of carbonyl (C=O) groups is 2. The van der Waals surface area contributed by atoms with E-state index in [1.807, 2.05) is 0 Å². The molecule has 0 fully saturated rings. The van der Waals surface area contributed by atoms with Gasteiger partial charge in [0.25, 0.3) is 0 Å². The lowest BCUT2D eigenvalue weighted by Gasteiger charge is -2.04. The minimum Gasteiger partial charge on any atom is -0.466 e. The monoisotopic (exact) mass is 334 g/mol. The number of carbonyl (C=O) groups excluding carboxylic acids is 2. The first-order chi connectivity index (χ1) is 11.7. The van der Waals surface area contributed by atoms with Crippen molar-refractivity contribution in [2.75, 3.05) is 0 Å². The molecule has 130 valence electrons. The third-order valence-corrected chi connectivity index (χ3v) is 3.42. The van der Waals surface area contributed by atoms with Crippen molar-refractivity contribution in [2.24, 2.45) is 0 Å². The zero-order valence-electron chi connectivity index (χ0n) is 13.6. The quantitative estimate of drug-likeness (QED) is 0.456. The minimum absolute atomic E-state index is 0.174. The number of furan rings is 2. The van der Waals surface area contributed by atoms with E-state index >= 15 is 0 Å². The third-order valence-electron chi connectivity index (χ3n) is 3.42. The van der Waals surface area contributed by atoms with Gasteiger partial charge >= 0.3 is 11.9 Å². The summed E-state index contributed by atoms with van der Waals surface area (Å²) < 4.78 is 20.3. The van der Waals surface area contributed by atoms with Gasteiger partial charge in [-0.3, -0.25) is 9.59 Å². The highest BCUT2D eigenvalue weighted by atomic mass is 16.5. The van der Waals surface area contributed by atoms with E-state index in [4.69, 9.17) is 18.3 Å². The summed E-state index contributed by atoms with van der Waals surface area (Å²) in [4.78, 5) is 23.1. The van der Waals surface area contributed by atoms with Crippen LogP contribution in [0, 0.1) is 0 Å². The summed E-state index contributed by atoms with van der Waals surface area (Å²) in [5.74, 6) is 0.807. The molecule has 6 nitrogen and oxygen atoms in total. The van der Waals surface area contributed by atoms with Gasteiger partial charge in [0.15, 0.2) is 0 Å². The van der Waals surface area contributed by atoms with E-state index in [1.165, 1.54) is 0 Å². The molecule has 0 saturated heterocycles. The molecule has 0 aliphatic carbocycles. The molecule has 0 atom stereocenters. The Balaban J connectivity index is 1.42. The number of esters is 2. The van der Waals surface area contributed by atoms with Gasteiger partial charge in [-0.2, -0.15) is 0 Å². The van der Waals surface area contributed by atoms with Crippen molar-refractivity contribution in [2.45, 2.75) is 51.7 Å². The van der Waals surface area contributed by atoms with Crippen LogP contribution in [0.4, 0.5) is 0 Å². The van der Waals surface area contributed by atoms with Crippen LogP contribution in [0.25, 0.3) is 0 Å². The van der Waals surface area contributed by atoms with Crippen LogP contribution in [-0.2, 0) is 32.3 Å². The van der Waals surface area contributed by atoms with Crippen LogP contribution < -0.4 is 0 Å². The molecule has 0 N–H and O–H groups in total. The molecule has 2 rings (SSSR count). The summed E-state index contributed by atoms with van der Waals surface area (Å²) in [5, 5.41) is 0. The van der Waals surface area contributed by atoms with E-state index in [2.05, 4.69) is 0 Å². The maximum atomic E-state index is 11.5. The maximum absolute atomic E-state index is 11.5. The molecule has 0 amide bonds. The first kappa shape index (κ1) is 17.8. The molecule has 0 spiro atoms. The van der Waals surface area contributed by atoms with Crippen LogP contribution in [0.3, 0.4) is 0 Å². The summed E-state index contributed by atoms with van der Waals surface area (Å²) in [7, 11) is 0. The lowest BCUT2D eigenvalue weighted by atomic mass is 10.1. The van der Waals surface area contributed by atoms with Crippen LogP contribution >= 0.6 is 0 Å². The largest absolute Gasteiger partial charge is 0.466 e. The van der Waals surface area contributed by atoms with Crippen molar-refractivity contribution in [3.05, 3.63) is 48.3 Å². The molecule has 0 unspecified atom stereocenters. The predicted molar refractivity (Wildman–Crippen MR) is 84.7 cm³/mol. The Labute approximate surface area is 140 Å². The number of hydrogen-bond acceptors (Lipinski definition) is 6. The molecule has 0 aliphatic heterocycles. The molecule has 6 heteroatoms. The Morgan fingerprint density at radius 3 is 1.58 bits per heavy atom. The number of ether oxygens (including phenoxy) is 2. The fourth-order valence-electron chi connectivity index (χ4n) is 2.13. The second kappa shape index (κ2) is 10.3. The summed E-state index contributed by atoms with van der Waals surface area (Å²) in [6.07, 6.45) is 7.10. The molecular weight excluding hydrogens is 312 g/mol. The molecule has 0 bridgehead atoms. The Bertz CT molecular complexity index is 531. The van der Waals surface area contributed by atoms with E-state index in [-0.39, 0.29) is 25.2 Å². The molecule has 0 saturated carbocycles. The van der Waals surface area contributed by atoms with Gasteiger partial charge < -0.3 is 18.3 Å². The van der Waals surface area contributed by atoms with Crippen LogP contribution in [0.15, 0.2) is 45.6 Å². The highest BCUT2D eigenvalue weighted by Crippen LogP contribution is 2.09. The van der Waals surface area contributed by atoms with Crippen molar-refractivity contribution in [1.29, 1.82) is 0 Å². The smallest absolute Gasteiger partial charge is 0.306 e. The van der Waals surface area contributed by atoms with E-state index in [9.17, 15) is 9.59 Å². The highest BCUT2D eigenvalue weighted by Gasteiger charge is 2.06. The minimum atomic E-state index is -0.232. The average molecular weight is 334 g/mol. The van der Waals surface area contributed by atoms with Crippen LogP contribution in [0.5, 0.6) is 0 Å². The Morgan fingerprint density at radius 1 is 0.750 bits per heavy atom. The van der Waals surface area contributed by atoms with Gasteiger partial charge in [-0.05, 0) is 37.1 Å². The van der Waals surface area contributed by atoms with Gasteiger partial charge in [0.05, 0.1) is 12.5 Å².